The maximum atomic E-state index is 10.4. The van der Waals surface area contributed by atoms with Gasteiger partial charge in [0, 0.05) is 0 Å². The van der Waals surface area contributed by atoms with Crippen LogP contribution >= 0.6 is 0 Å². The highest BCUT2D eigenvalue weighted by molar-refractivity contribution is 4.76. The third-order valence-corrected chi connectivity index (χ3v) is 4.08. The number of hydrogen-bond donors (Lipinski definition) is 2. The minimum Gasteiger partial charge on any atom is -0.390 e. The van der Waals surface area contributed by atoms with Gasteiger partial charge >= 0.3 is 0 Å². The number of nitrogens with two attached hydrogens (primary N) is 1. The van der Waals surface area contributed by atoms with Crippen LogP contribution in [0.4, 0.5) is 0 Å². The van der Waals surface area contributed by atoms with Crippen molar-refractivity contribution in [2.24, 2.45) is 11.8 Å². The van der Waals surface area contributed by atoms with Gasteiger partial charge in [-0.15, -0.1) is 0 Å². The summed E-state index contributed by atoms with van der Waals surface area (Å²) >= 11 is 0. The van der Waals surface area contributed by atoms with E-state index in [1.165, 1.54) is 38.5 Å². The molecule has 0 bridgehead atoms. The molecule has 19 heavy (non-hydrogen) atoms. The van der Waals surface area contributed by atoms with Crippen LogP contribution in [0.5, 0.6) is 0 Å². The van der Waals surface area contributed by atoms with Crippen molar-refractivity contribution in [3.05, 3.63) is 0 Å². The molecule has 0 heterocycles. The lowest BCUT2D eigenvalue weighted by Gasteiger charge is -2.28. The Morgan fingerprint density at radius 3 is 2.05 bits per heavy atom. The molecule has 3 atom stereocenters. The molecule has 3 nitrogen and oxygen atoms in total. The summed E-state index contributed by atoms with van der Waals surface area (Å²) in [5.74, 6) is 5.70. The van der Waals surface area contributed by atoms with Crippen LogP contribution in [0.2, 0.25) is 0 Å². The Balaban J connectivity index is 4.02. The van der Waals surface area contributed by atoms with Crippen LogP contribution in [0, 0.1) is 5.92 Å². The van der Waals surface area contributed by atoms with Gasteiger partial charge in [0.2, 0.25) is 0 Å². The lowest BCUT2D eigenvalue weighted by Crippen LogP contribution is -2.37. The van der Waals surface area contributed by atoms with Gasteiger partial charge in [-0.2, -0.15) is 0 Å². The van der Waals surface area contributed by atoms with E-state index < -0.39 is 6.10 Å². The van der Waals surface area contributed by atoms with Crippen LogP contribution in [-0.2, 0) is 4.84 Å². The number of hydrogen-bond acceptors (Lipinski definition) is 3. The summed E-state index contributed by atoms with van der Waals surface area (Å²) in [5.41, 5.74) is 0. The maximum absolute atomic E-state index is 10.4. The zero-order valence-corrected chi connectivity index (χ0v) is 13.2. The molecule has 3 unspecified atom stereocenters. The van der Waals surface area contributed by atoms with Crippen molar-refractivity contribution in [3.63, 3.8) is 0 Å². The van der Waals surface area contributed by atoms with E-state index in [1.54, 1.807) is 0 Å². The molecule has 0 aliphatic rings. The number of unbranched alkanes of at least 4 members (excludes halogenated alkanes) is 5. The predicted octanol–water partition coefficient (Wildman–Crippen LogP) is 4.18. The predicted molar refractivity (Wildman–Crippen MR) is 81.7 cm³/mol. The Morgan fingerprint density at radius 2 is 1.53 bits per heavy atom. The van der Waals surface area contributed by atoms with E-state index >= 15 is 0 Å². The molecule has 0 aromatic heterocycles. The third kappa shape index (κ3) is 8.61. The third-order valence-electron chi connectivity index (χ3n) is 4.08. The molecule has 0 radical (unpaired) electrons. The molecule has 3 heteroatoms. The van der Waals surface area contributed by atoms with Crippen molar-refractivity contribution in [3.8, 4) is 0 Å². The first kappa shape index (κ1) is 18.9. The summed E-state index contributed by atoms with van der Waals surface area (Å²) in [7, 11) is 0. The van der Waals surface area contributed by atoms with Crippen molar-refractivity contribution in [1.82, 2.24) is 0 Å². The van der Waals surface area contributed by atoms with Crippen LogP contribution < -0.4 is 5.90 Å². The van der Waals surface area contributed by atoms with E-state index in [1.807, 2.05) is 0 Å². The van der Waals surface area contributed by atoms with Crippen molar-refractivity contribution in [1.29, 1.82) is 0 Å². The fourth-order valence-electron chi connectivity index (χ4n) is 2.65. The van der Waals surface area contributed by atoms with Gasteiger partial charge in [-0.05, 0) is 18.8 Å². The zero-order chi connectivity index (χ0) is 14.5. The molecular weight excluding hydrogens is 238 g/mol. The summed E-state index contributed by atoms with van der Waals surface area (Å²) in [5, 5.41) is 10.4. The Morgan fingerprint density at radius 1 is 0.895 bits per heavy atom. The van der Waals surface area contributed by atoms with Gasteiger partial charge in [-0.1, -0.05) is 72.1 Å². The lowest BCUT2D eigenvalue weighted by atomic mass is 9.88. The molecule has 0 rings (SSSR count). The van der Waals surface area contributed by atoms with E-state index in [0.717, 1.165) is 25.7 Å². The summed E-state index contributed by atoms with van der Waals surface area (Å²) in [6, 6.07) is 0. The molecule has 0 fully saturated rings. The molecule has 0 aliphatic heterocycles. The fourth-order valence-corrected chi connectivity index (χ4v) is 2.65. The number of aliphatic hydroxyl groups is 1. The van der Waals surface area contributed by atoms with Crippen LogP contribution in [0.15, 0.2) is 0 Å². The monoisotopic (exact) mass is 273 g/mol. The molecule has 0 spiro atoms. The fraction of sp³-hybridized carbons (Fsp3) is 1.00. The van der Waals surface area contributed by atoms with Crippen LogP contribution in [0.3, 0.4) is 0 Å². The van der Waals surface area contributed by atoms with E-state index in [4.69, 9.17) is 10.7 Å². The first-order valence-corrected chi connectivity index (χ1v) is 8.24. The molecule has 0 amide bonds. The Kier molecular flexibility index (Phi) is 12.8. The van der Waals surface area contributed by atoms with E-state index in [0.29, 0.717) is 5.92 Å². The molecule has 116 valence electrons. The molecule has 0 saturated carbocycles. The normalized spacial score (nSPS) is 16.3. The SMILES string of the molecule is CCCCCCCC(ON)C(O)C(CC)CCCC. The average molecular weight is 273 g/mol. The van der Waals surface area contributed by atoms with Crippen molar-refractivity contribution < 1.29 is 9.94 Å². The van der Waals surface area contributed by atoms with Crippen LogP contribution in [-0.4, -0.2) is 17.3 Å². The summed E-state index contributed by atoms with van der Waals surface area (Å²) < 4.78 is 0. The highest BCUT2D eigenvalue weighted by Crippen LogP contribution is 2.23. The van der Waals surface area contributed by atoms with Gasteiger partial charge in [-0.3, -0.25) is 4.84 Å². The highest BCUT2D eigenvalue weighted by Gasteiger charge is 2.26. The van der Waals surface area contributed by atoms with Gasteiger partial charge in [0.05, 0.1) is 6.10 Å². The molecule has 0 aliphatic carbocycles. The summed E-state index contributed by atoms with van der Waals surface area (Å²) in [6.45, 7) is 6.54. The van der Waals surface area contributed by atoms with Gasteiger partial charge in [0.15, 0.2) is 0 Å². The minimum atomic E-state index is -0.410. The molecule has 0 aromatic carbocycles. The van der Waals surface area contributed by atoms with Gasteiger partial charge < -0.3 is 5.11 Å². The second-order valence-electron chi connectivity index (χ2n) is 5.68. The lowest BCUT2D eigenvalue weighted by molar-refractivity contribution is -0.0708. The summed E-state index contributed by atoms with van der Waals surface area (Å²) in [6.07, 6.45) is 10.8. The first-order valence-electron chi connectivity index (χ1n) is 8.24. The quantitative estimate of drug-likeness (QED) is 0.391. The van der Waals surface area contributed by atoms with E-state index in [2.05, 4.69) is 20.8 Å². The summed E-state index contributed by atoms with van der Waals surface area (Å²) in [4.78, 5) is 5.03. The standard InChI is InChI=1S/C16H35NO2/c1-4-7-9-10-11-13-15(19-17)16(18)14(6-3)12-8-5-2/h14-16,18H,4-13,17H2,1-3H3. The number of rotatable bonds is 13. The second kappa shape index (κ2) is 12.9. The highest BCUT2D eigenvalue weighted by atomic mass is 16.6. The first-order chi connectivity index (χ1) is 9.21. The van der Waals surface area contributed by atoms with Crippen molar-refractivity contribution in [2.45, 2.75) is 97.2 Å². The topological polar surface area (TPSA) is 55.5 Å². The largest absolute Gasteiger partial charge is 0.390 e. The maximum Gasteiger partial charge on any atom is 0.105 e. The van der Waals surface area contributed by atoms with Crippen molar-refractivity contribution >= 4 is 0 Å². The Hall–Kier alpha value is -0.120. The smallest absolute Gasteiger partial charge is 0.105 e. The second-order valence-corrected chi connectivity index (χ2v) is 5.68. The molecule has 3 N–H and O–H groups in total. The van der Waals surface area contributed by atoms with Gasteiger partial charge in [-0.25, -0.2) is 5.90 Å². The molecule has 0 aromatic rings. The Labute approximate surface area is 119 Å². The van der Waals surface area contributed by atoms with Crippen molar-refractivity contribution in [2.75, 3.05) is 0 Å². The van der Waals surface area contributed by atoms with Gasteiger partial charge in [0.25, 0.3) is 0 Å². The molecule has 0 saturated heterocycles. The minimum absolute atomic E-state index is 0.191. The van der Waals surface area contributed by atoms with Gasteiger partial charge in [0.1, 0.15) is 6.10 Å². The number of aliphatic hydroxyl groups excluding tert-OH is 1. The van der Waals surface area contributed by atoms with E-state index in [-0.39, 0.29) is 6.10 Å². The van der Waals surface area contributed by atoms with Crippen LogP contribution in [0.1, 0.15) is 85.0 Å². The van der Waals surface area contributed by atoms with E-state index in [9.17, 15) is 5.11 Å². The molecular formula is C16H35NO2. The Bertz CT molecular complexity index is 188. The van der Waals surface area contributed by atoms with Crippen LogP contribution in [0.25, 0.3) is 0 Å². The average Bonchev–Trinajstić information content (AvgIpc) is 2.43. The zero-order valence-electron chi connectivity index (χ0n) is 13.2.